The molecule has 4 rings (SSSR count). The van der Waals surface area contributed by atoms with Gasteiger partial charge < -0.3 is 0 Å². The van der Waals surface area contributed by atoms with E-state index in [4.69, 9.17) is 5.10 Å². The quantitative estimate of drug-likeness (QED) is 0.558. The summed E-state index contributed by atoms with van der Waals surface area (Å²) < 4.78 is 2.04. The van der Waals surface area contributed by atoms with Crippen LogP contribution in [0.25, 0.3) is 16.9 Å². The van der Waals surface area contributed by atoms with Crippen LogP contribution in [0.15, 0.2) is 42.6 Å². The Morgan fingerprint density at radius 2 is 2.00 bits per heavy atom. The van der Waals surface area contributed by atoms with Gasteiger partial charge in [0.2, 0.25) is 0 Å². The van der Waals surface area contributed by atoms with Crippen LogP contribution in [-0.4, -0.2) is 14.8 Å². The molecule has 0 N–H and O–H groups in total. The van der Waals surface area contributed by atoms with Gasteiger partial charge in [-0.15, -0.1) is 0 Å². The normalized spacial score (nSPS) is 12.3. The van der Waals surface area contributed by atoms with Gasteiger partial charge in [0, 0.05) is 23.2 Å². The van der Waals surface area contributed by atoms with Crippen LogP contribution in [0, 0.1) is 6.92 Å². The van der Waals surface area contributed by atoms with Crippen molar-refractivity contribution in [2.75, 3.05) is 0 Å². The first-order chi connectivity index (χ1) is 10.3. The summed E-state index contributed by atoms with van der Waals surface area (Å²) in [6.45, 7) is 4.21. The van der Waals surface area contributed by atoms with Crippen molar-refractivity contribution in [2.24, 2.45) is 0 Å². The highest BCUT2D eigenvalue weighted by Gasteiger charge is 2.26. The summed E-state index contributed by atoms with van der Waals surface area (Å²) in [5.74, 6) is 0. The van der Waals surface area contributed by atoms with E-state index >= 15 is 0 Å². The molecule has 1 aromatic carbocycles. The maximum absolute atomic E-state index is 4.73. The summed E-state index contributed by atoms with van der Waals surface area (Å²) in [5, 5.41) is 4.73. The molecule has 0 amide bonds. The first-order valence-corrected chi connectivity index (χ1v) is 7.40. The van der Waals surface area contributed by atoms with Crippen molar-refractivity contribution in [1.29, 1.82) is 0 Å². The SMILES string of the molecule is CCc1ccc(-n2nc(C)c3c2-c2ccccc2C3)cn1. The van der Waals surface area contributed by atoms with E-state index in [0.717, 1.165) is 29.9 Å². The minimum Gasteiger partial charge on any atom is -0.259 e. The zero-order valence-corrected chi connectivity index (χ0v) is 12.3. The standard InChI is InChI=1S/C18H17N3/c1-3-14-8-9-15(11-19-14)21-18-16-7-5-4-6-13(16)10-17(18)12(2)20-21/h4-9,11H,3,10H2,1-2H3. The highest BCUT2D eigenvalue weighted by atomic mass is 15.3. The second kappa shape index (κ2) is 4.55. The zero-order valence-electron chi connectivity index (χ0n) is 12.3. The number of aromatic nitrogens is 3. The van der Waals surface area contributed by atoms with E-state index in [2.05, 4.69) is 55.2 Å². The van der Waals surface area contributed by atoms with Gasteiger partial charge in [0.15, 0.2) is 0 Å². The highest BCUT2D eigenvalue weighted by Crippen LogP contribution is 2.39. The molecule has 21 heavy (non-hydrogen) atoms. The van der Waals surface area contributed by atoms with E-state index in [9.17, 15) is 0 Å². The van der Waals surface area contributed by atoms with E-state index in [1.807, 2.05) is 10.9 Å². The molecule has 3 aromatic rings. The number of pyridine rings is 1. The number of nitrogens with zero attached hydrogens (tertiary/aromatic N) is 3. The van der Waals surface area contributed by atoms with Crippen molar-refractivity contribution in [1.82, 2.24) is 14.8 Å². The van der Waals surface area contributed by atoms with Gasteiger partial charge >= 0.3 is 0 Å². The number of hydrogen-bond donors (Lipinski definition) is 0. The summed E-state index contributed by atoms with van der Waals surface area (Å²) in [7, 11) is 0. The number of benzene rings is 1. The van der Waals surface area contributed by atoms with E-state index in [1.165, 1.54) is 22.4 Å². The number of hydrogen-bond acceptors (Lipinski definition) is 2. The molecule has 2 heterocycles. The average Bonchev–Trinajstić information content (AvgIpc) is 3.06. The molecule has 0 aliphatic heterocycles. The first kappa shape index (κ1) is 12.3. The van der Waals surface area contributed by atoms with Crippen LogP contribution in [0.1, 0.15) is 29.4 Å². The third-order valence-electron chi connectivity index (χ3n) is 4.24. The number of fused-ring (bicyclic) bond motifs is 3. The Kier molecular flexibility index (Phi) is 2.67. The molecule has 3 heteroatoms. The fraction of sp³-hybridized carbons (Fsp3) is 0.222. The maximum Gasteiger partial charge on any atom is 0.0836 e. The minimum absolute atomic E-state index is 0.958. The number of aryl methyl sites for hydroxylation is 2. The molecule has 0 spiro atoms. The van der Waals surface area contributed by atoms with Crippen LogP contribution < -0.4 is 0 Å². The van der Waals surface area contributed by atoms with Crippen molar-refractivity contribution in [2.45, 2.75) is 26.7 Å². The van der Waals surface area contributed by atoms with E-state index in [-0.39, 0.29) is 0 Å². The van der Waals surface area contributed by atoms with Crippen LogP contribution in [-0.2, 0) is 12.8 Å². The van der Waals surface area contributed by atoms with Gasteiger partial charge in [-0.3, -0.25) is 4.98 Å². The predicted octanol–water partition coefficient (Wildman–Crippen LogP) is 3.71. The van der Waals surface area contributed by atoms with Crippen LogP contribution >= 0.6 is 0 Å². The molecule has 0 unspecified atom stereocenters. The largest absolute Gasteiger partial charge is 0.259 e. The Labute approximate surface area is 124 Å². The molecule has 2 aromatic heterocycles. The first-order valence-electron chi connectivity index (χ1n) is 7.40. The molecule has 3 nitrogen and oxygen atoms in total. The van der Waals surface area contributed by atoms with Gasteiger partial charge in [-0.05, 0) is 31.0 Å². The molecule has 0 saturated carbocycles. The molecular weight excluding hydrogens is 258 g/mol. The molecule has 0 bridgehead atoms. The highest BCUT2D eigenvalue weighted by molar-refractivity contribution is 5.76. The van der Waals surface area contributed by atoms with Crippen LogP contribution in [0.5, 0.6) is 0 Å². The summed E-state index contributed by atoms with van der Waals surface area (Å²) in [6.07, 6.45) is 3.86. The Morgan fingerprint density at radius 3 is 2.76 bits per heavy atom. The topological polar surface area (TPSA) is 30.7 Å². The van der Waals surface area contributed by atoms with Crippen LogP contribution in [0.3, 0.4) is 0 Å². The van der Waals surface area contributed by atoms with E-state index in [0.29, 0.717) is 0 Å². The molecule has 104 valence electrons. The zero-order chi connectivity index (χ0) is 14.4. The molecular formula is C18H17N3. The Balaban J connectivity index is 1.91. The van der Waals surface area contributed by atoms with Crippen molar-refractivity contribution in [3.05, 3.63) is 65.1 Å². The maximum atomic E-state index is 4.73. The summed E-state index contributed by atoms with van der Waals surface area (Å²) in [6, 6.07) is 12.8. The van der Waals surface area contributed by atoms with Crippen molar-refractivity contribution >= 4 is 0 Å². The minimum atomic E-state index is 0.958. The second-order valence-electron chi connectivity index (χ2n) is 5.52. The van der Waals surface area contributed by atoms with Gasteiger partial charge in [0.1, 0.15) is 0 Å². The fourth-order valence-corrected chi connectivity index (χ4v) is 3.08. The van der Waals surface area contributed by atoms with Crippen LogP contribution in [0.4, 0.5) is 0 Å². The molecule has 1 aliphatic carbocycles. The third kappa shape index (κ3) is 1.81. The lowest BCUT2D eigenvalue weighted by Gasteiger charge is -2.07. The fourth-order valence-electron chi connectivity index (χ4n) is 3.08. The lowest BCUT2D eigenvalue weighted by Crippen LogP contribution is -2.01. The van der Waals surface area contributed by atoms with Gasteiger partial charge in [0.25, 0.3) is 0 Å². The third-order valence-corrected chi connectivity index (χ3v) is 4.24. The van der Waals surface area contributed by atoms with Crippen molar-refractivity contribution in [3.63, 3.8) is 0 Å². The smallest absolute Gasteiger partial charge is 0.0836 e. The van der Waals surface area contributed by atoms with Gasteiger partial charge in [-0.25, -0.2) is 4.68 Å². The second-order valence-corrected chi connectivity index (χ2v) is 5.52. The summed E-state index contributed by atoms with van der Waals surface area (Å²) in [5.41, 5.74) is 8.52. The molecule has 0 saturated heterocycles. The Morgan fingerprint density at radius 1 is 1.14 bits per heavy atom. The summed E-state index contributed by atoms with van der Waals surface area (Å²) >= 11 is 0. The van der Waals surface area contributed by atoms with E-state index in [1.54, 1.807) is 0 Å². The predicted molar refractivity (Wildman–Crippen MR) is 83.7 cm³/mol. The van der Waals surface area contributed by atoms with Crippen molar-refractivity contribution in [3.8, 4) is 16.9 Å². The Bertz CT molecular complexity index is 813. The van der Waals surface area contributed by atoms with Crippen LogP contribution in [0.2, 0.25) is 0 Å². The molecule has 0 radical (unpaired) electrons. The van der Waals surface area contributed by atoms with Gasteiger partial charge in [-0.1, -0.05) is 31.2 Å². The van der Waals surface area contributed by atoms with Gasteiger partial charge in [-0.2, -0.15) is 5.10 Å². The molecule has 0 fully saturated rings. The van der Waals surface area contributed by atoms with Gasteiger partial charge in [0.05, 0.1) is 23.3 Å². The lowest BCUT2D eigenvalue weighted by molar-refractivity contribution is 0.857. The monoisotopic (exact) mass is 275 g/mol. The van der Waals surface area contributed by atoms with Crippen molar-refractivity contribution < 1.29 is 0 Å². The molecule has 1 aliphatic rings. The number of rotatable bonds is 2. The lowest BCUT2D eigenvalue weighted by atomic mass is 10.1. The van der Waals surface area contributed by atoms with E-state index < -0.39 is 0 Å². The average molecular weight is 275 g/mol. The molecule has 0 atom stereocenters. The summed E-state index contributed by atoms with van der Waals surface area (Å²) in [4.78, 5) is 4.50. The Hall–Kier alpha value is -2.42.